The lowest BCUT2D eigenvalue weighted by Gasteiger charge is -2.25. The Labute approximate surface area is 154 Å². The van der Waals surface area contributed by atoms with Crippen LogP contribution in [0.15, 0.2) is 36.4 Å². The second-order valence-corrected chi connectivity index (χ2v) is 6.60. The van der Waals surface area contributed by atoms with E-state index in [4.69, 9.17) is 4.74 Å². The number of fused-ring (bicyclic) bond motifs is 1. The first-order valence-corrected chi connectivity index (χ1v) is 8.89. The molecule has 2 aromatic carbocycles. The molecule has 2 aromatic rings. The summed E-state index contributed by atoms with van der Waals surface area (Å²) in [5.41, 5.74) is 4.18. The highest BCUT2D eigenvalue weighted by Crippen LogP contribution is 2.23. The molecule has 3 rings (SSSR count). The Morgan fingerprint density at radius 1 is 1.27 bits per heavy atom. The molecule has 0 spiro atoms. The summed E-state index contributed by atoms with van der Waals surface area (Å²) in [6.07, 6.45) is 1.89. The molecular formula is C21H23N3O2. The molecular weight excluding hydrogens is 326 g/mol. The number of hydrogen-bond donors (Lipinski definition) is 1. The van der Waals surface area contributed by atoms with Crippen molar-refractivity contribution in [3.8, 4) is 11.8 Å². The molecule has 0 saturated carbocycles. The maximum atomic E-state index is 12.6. The summed E-state index contributed by atoms with van der Waals surface area (Å²) in [4.78, 5) is 14.8. The standard InChI is InChI=1S/C21H23N3O2/c1-3-10-26-20-7-5-16(11-17(20)13-22)21(25)23-19-6-4-15-8-9-24(2)14-18(15)12-19/h4-7,11-12H,3,8-10,14H2,1-2H3,(H,23,25). The van der Waals surface area contributed by atoms with Crippen molar-refractivity contribution in [2.45, 2.75) is 26.3 Å². The first kappa shape index (κ1) is 18.0. The number of nitriles is 1. The van der Waals surface area contributed by atoms with E-state index >= 15 is 0 Å². The lowest BCUT2D eigenvalue weighted by Crippen LogP contribution is -2.26. The average Bonchev–Trinajstić information content (AvgIpc) is 2.65. The van der Waals surface area contributed by atoms with Crippen LogP contribution in [0.1, 0.15) is 40.4 Å². The van der Waals surface area contributed by atoms with Crippen LogP contribution in [0.2, 0.25) is 0 Å². The van der Waals surface area contributed by atoms with Gasteiger partial charge in [0.1, 0.15) is 11.8 Å². The monoisotopic (exact) mass is 349 g/mol. The maximum Gasteiger partial charge on any atom is 0.255 e. The van der Waals surface area contributed by atoms with Crippen molar-refractivity contribution in [3.05, 3.63) is 58.7 Å². The average molecular weight is 349 g/mol. The predicted molar refractivity (Wildman–Crippen MR) is 101 cm³/mol. The summed E-state index contributed by atoms with van der Waals surface area (Å²) in [7, 11) is 2.10. The molecule has 0 bridgehead atoms. The first-order valence-electron chi connectivity index (χ1n) is 8.89. The number of rotatable bonds is 5. The van der Waals surface area contributed by atoms with Crippen molar-refractivity contribution in [1.29, 1.82) is 5.26 Å². The van der Waals surface area contributed by atoms with Gasteiger partial charge < -0.3 is 15.0 Å². The number of anilines is 1. The van der Waals surface area contributed by atoms with Gasteiger partial charge in [0.05, 0.1) is 12.2 Å². The van der Waals surface area contributed by atoms with E-state index in [0.717, 1.165) is 31.6 Å². The van der Waals surface area contributed by atoms with E-state index in [-0.39, 0.29) is 5.91 Å². The third-order valence-electron chi connectivity index (χ3n) is 4.49. The van der Waals surface area contributed by atoms with Gasteiger partial charge in [-0.1, -0.05) is 13.0 Å². The van der Waals surface area contributed by atoms with Crippen LogP contribution in [0.4, 0.5) is 5.69 Å². The molecule has 0 aromatic heterocycles. The van der Waals surface area contributed by atoms with Gasteiger partial charge in [0.15, 0.2) is 0 Å². The minimum atomic E-state index is -0.229. The van der Waals surface area contributed by atoms with Crippen LogP contribution in [-0.4, -0.2) is 31.0 Å². The van der Waals surface area contributed by atoms with Gasteiger partial charge >= 0.3 is 0 Å². The predicted octanol–water partition coefficient (Wildman–Crippen LogP) is 3.59. The zero-order valence-electron chi connectivity index (χ0n) is 15.2. The second-order valence-electron chi connectivity index (χ2n) is 6.60. The summed E-state index contributed by atoms with van der Waals surface area (Å²) in [6, 6.07) is 13.1. The maximum absolute atomic E-state index is 12.6. The van der Waals surface area contributed by atoms with Crippen molar-refractivity contribution < 1.29 is 9.53 Å². The molecule has 1 N–H and O–H groups in total. The SMILES string of the molecule is CCCOc1ccc(C(=O)Nc2ccc3c(c2)CN(C)CC3)cc1C#N. The topological polar surface area (TPSA) is 65.4 Å². The van der Waals surface area contributed by atoms with E-state index in [0.29, 0.717) is 23.5 Å². The van der Waals surface area contributed by atoms with Gasteiger partial charge in [-0.25, -0.2) is 0 Å². The Hall–Kier alpha value is -2.84. The number of benzene rings is 2. The Kier molecular flexibility index (Phi) is 5.55. The number of carbonyl (C=O) groups is 1. The molecule has 5 nitrogen and oxygen atoms in total. The first-order chi connectivity index (χ1) is 12.6. The molecule has 0 unspecified atom stereocenters. The van der Waals surface area contributed by atoms with Crippen molar-refractivity contribution in [2.75, 3.05) is 25.5 Å². The van der Waals surface area contributed by atoms with Gasteiger partial charge in [-0.3, -0.25) is 4.79 Å². The molecule has 5 heteroatoms. The molecule has 1 aliphatic heterocycles. The number of nitrogens with one attached hydrogen (secondary N) is 1. The van der Waals surface area contributed by atoms with Crippen molar-refractivity contribution >= 4 is 11.6 Å². The largest absolute Gasteiger partial charge is 0.492 e. The molecule has 1 aliphatic rings. The van der Waals surface area contributed by atoms with Crippen molar-refractivity contribution in [1.82, 2.24) is 4.90 Å². The number of likely N-dealkylation sites (N-methyl/N-ethyl adjacent to an activating group) is 1. The van der Waals surface area contributed by atoms with Gasteiger partial charge in [-0.15, -0.1) is 0 Å². The smallest absolute Gasteiger partial charge is 0.255 e. The highest BCUT2D eigenvalue weighted by atomic mass is 16.5. The minimum Gasteiger partial charge on any atom is -0.492 e. The summed E-state index contributed by atoms with van der Waals surface area (Å²) in [5.74, 6) is 0.287. The lowest BCUT2D eigenvalue weighted by atomic mass is 9.99. The summed E-state index contributed by atoms with van der Waals surface area (Å²) in [6.45, 7) is 4.50. The summed E-state index contributed by atoms with van der Waals surface area (Å²) < 4.78 is 5.54. The normalized spacial score (nSPS) is 13.6. The van der Waals surface area contributed by atoms with Crippen LogP contribution in [0.3, 0.4) is 0 Å². The fourth-order valence-electron chi connectivity index (χ4n) is 3.08. The fraction of sp³-hybridized carbons (Fsp3) is 0.333. The highest BCUT2D eigenvalue weighted by molar-refractivity contribution is 6.04. The van der Waals surface area contributed by atoms with E-state index in [2.05, 4.69) is 29.4 Å². The van der Waals surface area contributed by atoms with Crippen LogP contribution in [-0.2, 0) is 13.0 Å². The van der Waals surface area contributed by atoms with E-state index < -0.39 is 0 Å². The molecule has 0 aliphatic carbocycles. The third-order valence-corrected chi connectivity index (χ3v) is 4.49. The van der Waals surface area contributed by atoms with Crippen LogP contribution >= 0.6 is 0 Å². The van der Waals surface area contributed by atoms with E-state index in [1.807, 2.05) is 19.1 Å². The van der Waals surface area contributed by atoms with Gasteiger partial charge in [-0.05, 0) is 61.3 Å². The van der Waals surface area contributed by atoms with E-state index in [1.54, 1.807) is 18.2 Å². The zero-order valence-corrected chi connectivity index (χ0v) is 15.2. The Balaban J connectivity index is 1.76. The van der Waals surface area contributed by atoms with E-state index in [9.17, 15) is 10.1 Å². The van der Waals surface area contributed by atoms with Crippen LogP contribution in [0.25, 0.3) is 0 Å². The zero-order chi connectivity index (χ0) is 18.5. The number of amides is 1. The van der Waals surface area contributed by atoms with Crippen LogP contribution in [0.5, 0.6) is 5.75 Å². The molecule has 0 atom stereocenters. The molecule has 1 amide bonds. The molecule has 1 heterocycles. The van der Waals surface area contributed by atoms with Gasteiger partial charge in [0.2, 0.25) is 0 Å². The molecule has 26 heavy (non-hydrogen) atoms. The van der Waals surface area contributed by atoms with Crippen molar-refractivity contribution in [3.63, 3.8) is 0 Å². The van der Waals surface area contributed by atoms with Gasteiger partial charge in [0, 0.05) is 24.3 Å². The third kappa shape index (κ3) is 4.04. The highest BCUT2D eigenvalue weighted by Gasteiger charge is 2.15. The number of ether oxygens (including phenoxy) is 1. The molecule has 0 radical (unpaired) electrons. The molecule has 0 saturated heterocycles. The van der Waals surface area contributed by atoms with Crippen molar-refractivity contribution in [2.24, 2.45) is 0 Å². The van der Waals surface area contributed by atoms with E-state index in [1.165, 1.54) is 11.1 Å². The number of nitrogens with zero attached hydrogens (tertiary/aromatic N) is 2. The molecule has 134 valence electrons. The number of hydrogen-bond acceptors (Lipinski definition) is 4. The Morgan fingerprint density at radius 2 is 2.12 bits per heavy atom. The van der Waals surface area contributed by atoms with Crippen LogP contribution in [0, 0.1) is 11.3 Å². The fourth-order valence-corrected chi connectivity index (χ4v) is 3.08. The lowest BCUT2D eigenvalue weighted by molar-refractivity contribution is 0.102. The quantitative estimate of drug-likeness (QED) is 0.896. The van der Waals surface area contributed by atoms with Gasteiger partial charge in [0.25, 0.3) is 5.91 Å². The second kappa shape index (κ2) is 8.03. The Bertz CT molecular complexity index is 855. The molecule has 0 fully saturated rings. The number of carbonyl (C=O) groups excluding carboxylic acids is 1. The van der Waals surface area contributed by atoms with Crippen LogP contribution < -0.4 is 10.1 Å². The summed E-state index contributed by atoms with van der Waals surface area (Å²) >= 11 is 0. The summed E-state index contributed by atoms with van der Waals surface area (Å²) in [5, 5.41) is 12.2. The Morgan fingerprint density at radius 3 is 2.88 bits per heavy atom. The van der Waals surface area contributed by atoms with Gasteiger partial charge in [-0.2, -0.15) is 5.26 Å². The minimum absolute atomic E-state index is 0.229.